The molecule has 8 nitrogen and oxygen atoms in total. The molecule has 0 unspecified atom stereocenters. The Hall–Kier alpha value is -3.63. The summed E-state index contributed by atoms with van der Waals surface area (Å²) in [4.78, 5) is 12.0. The number of amides is 1. The van der Waals surface area contributed by atoms with Gasteiger partial charge in [-0.15, -0.1) is 0 Å². The van der Waals surface area contributed by atoms with Gasteiger partial charge >= 0.3 is 0 Å². The van der Waals surface area contributed by atoms with Crippen LogP contribution < -0.4 is 19.5 Å². The third-order valence-corrected chi connectivity index (χ3v) is 6.79. The van der Waals surface area contributed by atoms with E-state index in [1.54, 1.807) is 30.3 Å². The lowest BCUT2D eigenvalue weighted by atomic mass is 10.1. The number of carbonyl (C=O) groups is 1. The van der Waals surface area contributed by atoms with Gasteiger partial charge in [-0.2, -0.15) is 0 Å². The Morgan fingerprint density at radius 3 is 2.36 bits per heavy atom. The first-order valence-electron chi connectivity index (χ1n) is 11.5. The van der Waals surface area contributed by atoms with Gasteiger partial charge in [0.2, 0.25) is 5.91 Å². The van der Waals surface area contributed by atoms with Crippen molar-refractivity contribution in [1.29, 1.82) is 0 Å². The summed E-state index contributed by atoms with van der Waals surface area (Å²) in [5, 5.41) is 2.80. The highest BCUT2D eigenvalue weighted by atomic mass is 32.2. The van der Waals surface area contributed by atoms with Crippen molar-refractivity contribution in [3.05, 3.63) is 83.7 Å². The molecule has 1 amide bonds. The number of rotatable bonds is 11. The smallest absolute Gasteiger partial charge is 0.262 e. The zero-order chi connectivity index (χ0) is 25.4. The number of halogens is 1. The van der Waals surface area contributed by atoms with E-state index in [-0.39, 0.29) is 29.8 Å². The Balaban J connectivity index is 1.17. The van der Waals surface area contributed by atoms with Gasteiger partial charge in [0, 0.05) is 18.3 Å². The molecule has 4 rings (SSSR count). The molecule has 3 aromatic rings. The van der Waals surface area contributed by atoms with E-state index in [9.17, 15) is 17.6 Å². The molecule has 3 aromatic carbocycles. The number of hydrogen-bond donors (Lipinski definition) is 2. The second kappa shape index (κ2) is 11.9. The molecule has 0 bridgehead atoms. The van der Waals surface area contributed by atoms with Gasteiger partial charge in [-0.3, -0.25) is 9.52 Å². The number of fused-ring (bicyclic) bond motifs is 1. The van der Waals surface area contributed by atoms with Gasteiger partial charge in [0.1, 0.15) is 25.6 Å². The third kappa shape index (κ3) is 7.19. The van der Waals surface area contributed by atoms with E-state index in [1.807, 2.05) is 12.1 Å². The molecule has 0 aliphatic carbocycles. The molecule has 0 aromatic heterocycles. The lowest BCUT2D eigenvalue weighted by Crippen LogP contribution is -2.28. The normalized spacial score (nSPS) is 12.7. The van der Waals surface area contributed by atoms with E-state index < -0.39 is 10.0 Å². The summed E-state index contributed by atoms with van der Waals surface area (Å²) in [6, 6.07) is 17.5. The molecule has 0 saturated heterocycles. The van der Waals surface area contributed by atoms with Crippen molar-refractivity contribution >= 4 is 21.6 Å². The molecule has 0 spiro atoms. The van der Waals surface area contributed by atoms with Gasteiger partial charge in [0.15, 0.2) is 11.5 Å². The van der Waals surface area contributed by atoms with E-state index in [4.69, 9.17) is 14.2 Å². The van der Waals surface area contributed by atoms with Crippen molar-refractivity contribution < 1.29 is 31.8 Å². The van der Waals surface area contributed by atoms with Gasteiger partial charge in [-0.1, -0.05) is 24.3 Å². The number of nitrogens with one attached hydrogen (secondary N) is 2. The van der Waals surface area contributed by atoms with E-state index in [0.717, 1.165) is 11.1 Å². The second-order valence-electron chi connectivity index (χ2n) is 8.18. The highest BCUT2D eigenvalue weighted by Crippen LogP contribution is 2.32. The molecule has 2 N–H and O–H groups in total. The van der Waals surface area contributed by atoms with Crippen LogP contribution in [0.4, 0.5) is 10.1 Å². The number of aryl methyl sites for hydroxylation is 1. The molecule has 36 heavy (non-hydrogen) atoms. The lowest BCUT2D eigenvalue weighted by Gasteiger charge is -2.19. The topological polar surface area (TPSA) is 103 Å². The summed E-state index contributed by atoms with van der Waals surface area (Å²) in [6.07, 6.45) is 1.43. The monoisotopic (exact) mass is 514 g/mol. The fraction of sp³-hybridized carbons (Fsp3) is 0.269. The Bertz CT molecular complexity index is 1280. The minimum Gasteiger partial charge on any atom is -0.486 e. The summed E-state index contributed by atoms with van der Waals surface area (Å²) < 4.78 is 57.2. The largest absolute Gasteiger partial charge is 0.486 e. The summed E-state index contributed by atoms with van der Waals surface area (Å²) in [6.45, 7) is 1.45. The Labute approximate surface area is 209 Å². The Kier molecular flexibility index (Phi) is 8.40. The van der Waals surface area contributed by atoms with Crippen molar-refractivity contribution in [3.63, 3.8) is 0 Å². The van der Waals surface area contributed by atoms with E-state index in [2.05, 4.69) is 10.0 Å². The lowest BCUT2D eigenvalue weighted by molar-refractivity contribution is -0.126. The van der Waals surface area contributed by atoms with E-state index >= 15 is 0 Å². The van der Waals surface area contributed by atoms with Crippen LogP contribution in [0.5, 0.6) is 11.5 Å². The zero-order valence-electron chi connectivity index (χ0n) is 19.5. The Morgan fingerprint density at radius 1 is 0.917 bits per heavy atom. The number of anilines is 1. The summed E-state index contributed by atoms with van der Waals surface area (Å²) in [5.74, 6) is 0.397. The van der Waals surface area contributed by atoms with Crippen LogP contribution in [0.2, 0.25) is 0 Å². The highest BCUT2D eigenvalue weighted by Gasteiger charge is 2.19. The van der Waals surface area contributed by atoms with Crippen LogP contribution in [0.3, 0.4) is 0 Å². The molecule has 0 atom stereocenters. The molecular formula is C26H27FN2O6S. The number of hydrogen-bond acceptors (Lipinski definition) is 6. The minimum absolute atomic E-state index is 0.0738. The quantitative estimate of drug-likeness (QED) is 0.379. The molecule has 1 aliphatic rings. The molecule has 0 saturated carbocycles. The average Bonchev–Trinajstić information content (AvgIpc) is 2.88. The van der Waals surface area contributed by atoms with Crippen LogP contribution in [0.25, 0.3) is 0 Å². The van der Waals surface area contributed by atoms with Gasteiger partial charge in [0.25, 0.3) is 10.0 Å². The van der Waals surface area contributed by atoms with Crippen molar-refractivity contribution in [2.75, 3.05) is 31.1 Å². The number of benzene rings is 3. The van der Waals surface area contributed by atoms with Crippen molar-refractivity contribution in [3.8, 4) is 11.5 Å². The predicted octanol–water partition coefficient (Wildman–Crippen LogP) is 3.66. The van der Waals surface area contributed by atoms with Crippen LogP contribution in [0, 0.1) is 5.82 Å². The van der Waals surface area contributed by atoms with Gasteiger partial charge < -0.3 is 19.5 Å². The molecule has 190 valence electrons. The second-order valence-corrected chi connectivity index (χ2v) is 9.86. The zero-order valence-corrected chi connectivity index (χ0v) is 20.4. The maximum Gasteiger partial charge on any atom is 0.262 e. The number of sulfonamides is 1. The first-order valence-corrected chi connectivity index (χ1v) is 13.0. The molecule has 1 aliphatic heterocycles. The van der Waals surface area contributed by atoms with Crippen LogP contribution in [0.1, 0.15) is 17.5 Å². The number of ether oxygens (including phenoxy) is 3. The highest BCUT2D eigenvalue weighted by molar-refractivity contribution is 7.92. The predicted molar refractivity (Wildman–Crippen MR) is 132 cm³/mol. The molecule has 1 heterocycles. The fourth-order valence-corrected chi connectivity index (χ4v) is 4.63. The van der Waals surface area contributed by atoms with Gasteiger partial charge in [-0.25, -0.2) is 12.8 Å². The van der Waals surface area contributed by atoms with Crippen molar-refractivity contribution in [1.82, 2.24) is 5.32 Å². The average molecular weight is 515 g/mol. The van der Waals surface area contributed by atoms with Crippen molar-refractivity contribution in [2.45, 2.75) is 24.3 Å². The maximum atomic E-state index is 12.9. The first-order chi connectivity index (χ1) is 17.4. The standard InChI is InChI=1S/C26H27FN2O6S/c27-21-7-3-20(4-8-21)17-33-18-26(30)28-13-1-2-19-5-9-22(10-6-19)29-36(31,32)23-11-12-24-25(16-23)35-15-14-34-24/h3-12,16,29H,1-2,13-15,17-18H2,(H,28,30). The SMILES string of the molecule is O=C(COCc1ccc(F)cc1)NCCCc1ccc(NS(=O)(=O)c2ccc3c(c2)OCCO3)cc1. The molecule has 10 heteroatoms. The van der Waals surface area contributed by atoms with Crippen LogP contribution in [-0.4, -0.2) is 40.7 Å². The van der Waals surface area contributed by atoms with Crippen LogP contribution in [-0.2, 0) is 32.6 Å². The van der Waals surface area contributed by atoms with Gasteiger partial charge in [-0.05, 0) is 60.4 Å². The summed E-state index contributed by atoms with van der Waals surface area (Å²) >= 11 is 0. The van der Waals surface area contributed by atoms with E-state index in [1.165, 1.54) is 24.3 Å². The molecule has 0 radical (unpaired) electrons. The first kappa shape index (κ1) is 25.5. The van der Waals surface area contributed by atoms with Gasteiger partial charge in [0.05, 0.1) is 11.5 Å². The van der Waals surface area contributed by atoms with E-state index in [0.29, 0.717) is 49.8 Å². The Morgan fingerprint density at radius 2 is 1.61 bits per heavy atom. The maximum absolute atomic E-state index is 12.9. The fourth-order valence-electron chi connectivity index (χ4n) is 3.56. The summed E-state index contributed by atoms with van der Waals surface area (Å²) in [7, 11) is -3.78. The molecular weight excluding hydrogens is 487 g/mol. The van der Waals surface area contributed by atoms with Crippen LogP contribution in [0.15, 0.2) is 71.6 Å². The minimum atomic E-state index is -3.78. The molecule has 0 fully saturated rings. The van der Waals surface area contributed by atoms with Crippen molar-refractivity contribution in [2.24, 2.45) is 0 Å². The third-order valence-electron chi connectivity index (χ3n) is 5.41. The summed E-state index contributed by atoms with van der Waals surface area (Å²) in [5.41, 5.74) is 2.25. The van der Waals surface area contributed by atoms with Crippen LogP contribution >= 0.6 is 0 Å². The number of carbonyl (C=O) groups excluding carboxylic acids is 1.